The zero-order valence-corrected chi connectivity index (χ0v) is 10.9. The Morgan fingerprint density at radius 1 is 0.800 bits per heavy atom. The minimum Gasteiger partial charge on any atom is -0.305 e. The van der Waals surface area contributed by atoms with E-state index in [-0.39, 0.29) is 12.4 Å². The van der Waals surface area contributed by atoms with Crippen molar-refractivity contribution < 1.29 is 0 Å². The van der Waals surface area contributed by atoms with Gasteiger partial charge in [-0.1, -0.05) is 13.8 Å². The molecule has 0 radical (unpaired) electrons. The maximum atomic E-state index is 2.60. The van der Waals surface area contributed by atoms with Crippen molar-refractivity contribution in [2.75, 3.05) is 20.1 Å². The van der Waals surface area contributed by atoms with Crippen LogP contribution in [-0.4, -0.2) is 25.0 Å². The summed E-state index contributed by atoms with van der Waals surface area (Å²) in [7, 11) is 2.33. The van der Waals surface area contributed by atoms with Gasteiger partial charge in [0.15, 0.2) is 0 Å². The lowest BCUT2D eigenvalue weighted by atomic mass is 9.71. The van der Waals surface area contributed by atoms with E-state index < -0.39 is 0 Å². The topological polar surface area (TPSA) is 3.24 Å². The lowest BCUT2D eigenvalue weighted by molar-refractivity contribution is 0.157. The molecule has 0 unspecified atom stereocenters. The smallest absolute Gasteiger partial charge is 0.00414 e. The Morgan fingerprint density at radius 3 is 1.47 bits per heavy atom. The summed E-state index contributed by atoms with van der Waals surface area (Å²) < 4.78 is 0. The molecule has 4 aliphatic carbocycles. The van der Waals surface area contributed by atoms with Crippen molar-refractivity contribution in [2.45, 2.75) is 39.5 Å². The van der Waals surface area contributed by atoms with Gasteiger partial charge in [-0.25, -0.2) is 0 Å². The van der Waals surface area contributed by atoms with Gasteiger partial charge in [0, 0.05) is 13.1 Å². The minimum absolute atomic E-state index is 0. The highest BCUT2D eigenvalue weighted by atomic mass is 35.5. The van der Waals surface area contributed by atoms with Crippen molar-refractivity contribution in [2.24, 2.45) is 21.7 Å². The van der Waals surface area contributed by atoms with E-state index in [0.717, 1.165) is 10.8 Å². The van der Waals surface area contributed by atoms with E-state index in [1.54, 1.807) is 25.7 Å². The van der Waals surface area contributed by atoms with Crippen LogP contribution in [0.3, 0.4) is 0 Å². The fourth-order valence-corrected chi connectivity index (χ4v) is 6.49. The van der Waals surface area contributed by atoms with Crippen molar-refractivity contribution in [1.82, 2.24) is 4.90 Å². The molecular weight excluding hydrogens is 206 g/mol. The Balaban J connectivity index is 0.000000722. The number of hydrogen-bond acceptors (Lipinski definition) is 1. The molecule has 2 spiro atoms. The molecule has 86 valence electrons. The molecule has 1 nitrogen and oxygen atoms in total. The van der Waals surface area contributed by atoms with Crippen LogP contribution in [0.5, 0.6) is 0 Å². The van der Waals surface area contributed by atoms with E-state index in [0.29, 0.717) is 10.8 Å². The molecule has 5 aliphatic rings. The van der Waals surface area contributed by atoms with Crippen molar-refractivity contribution in [3.8, 4) is 0 Å². The van der Waals surface area contributed by atoms with Gasteiger partial charge < -0.3 is 4.90 Å². The summed E-state index contributed by atoms with van der Waals surface area (Å²) >= 11 is 0. The number of nitrogens with zero attached hydrogens (tertiary/aromatic N) is 1. The first-order valence-corrected chi connectivity index (χ1v) is 6.12. The van der Waals surface area contributed by atoms with Crippen LogP contribution in [0.1, 0.15) is 39.5 Å². The van der Waals surface area contributed by atoms with E-state index in [4.69, 9.17) is 0 Å². The van der Waals surface area contributed by atoms with E-state index in [1.807, 2.05) is 0 Å². The van der Waals surface area contributed by atoms with Crippen molar-refractivity contribution in [3.05, 3.63) is 0 Å². The Bertz CT molecular complexity index is 291. The second-order valence-electron chi connectivity index (χ2n) is 7.56. The molecule has 2 heteroatoms. The van der Waals surface area contributed by atoms with Crippen LogP contribution in [-0.2, 0) is 0 Å². The molecule has 4 saturated carbocycles. The molecule has 1 aliphatic heterocycles. The molecule has 4 bridgehead atoms. The highest BCUT2D eigenvalue weighted by Crippen LogP contribution is 2.87. The molecule has 1 heterocycles. The molecule has 5 rings (SSSR count). The zero-order valence-electron chi connectivity index (χ0n) is 10.1. The van der Waals surface area contributed by atoms with E-state index in [1.165, 1.54) is 13.1 Å². The standard InChI is InChI=1S/C13H21N.ClH/c1-10-4-12-6-11(10,2)7-13(12,5-10)9-14(3)8-12;/h4-9H2,1-3H3;1H. The van der Waals surface area contributed by atoms with Gasteiger partial charge >= 0.3 is 0 Å². The molecule has 0 amide bonds. The molecule has 0 aromatic rings. The summed E-state index contributed by atoms with van der Waals surface area (Å²) in [6, 6.07) is 0. The van der Waals surface area contributed by atoms with E-state index in [2.05, 4.69) is 25.8 Å². The molecule has 1 saturated heterocycles. The largest absolute Gasteiger partial charge is 0.305 e. The van der Waals surface area contributed by atoms with Crippen LogP contribution in [0.25, 0.3) is 0 Å². The first kappa shape index (κ1) is 10.4. The summed E-state index contributed by atoms with van der Waals surface area (Å²) in [6.07, 6.45) is 6.17. The van der Waals surface area contributed by atoms with Crippen LogP contribution < -0.4 is 0 Å². The third-order valence-corrected chi connectivity index (χ3v) is 6.64. The second-order valence-corrected chi connectivity index (χ2v) is 7.56. The Morgan fingerprint density at radius 2 is 1.13 bits per heavy atom. The molecule has 0 atom stereocenters. The fraction of sp³-hybridized carbons (Fsp3) is 1.00. The van der Waals surface area contributed by atoms with Crippen molar-refractivity contribution >= 4 is 12.4 Å². The number of halogens is 1. The van der Waals surface area contributed by atoms with Gasteiger partial charge in [0.25, 0.3) is 0 Å². The van der Waals surface area contributed by atoms with Gasteiger partial charge in [0.1, 0.15) is 0 Å². The molecule has 5 fully saturated rings. The first-order valence-electron chi connectivity index (χ1n) is 6.12. The highest BCUT2D eigenvalue weighted by Gasteiger charge is 2.81. The van der Waals surface area contributed by atoms with Gasteiger partial charge in [-0.05, 0) is 54.4 Å². The summed E-state index contributed by atoms with van der Waals surface area (Å²) in [6.45, 7) is 7.96. The van der Waals surface area contributed by atoms with Crippen LogP contribution in [0.4, 0.5) is 0 Å². The van der Waals surface area contributed by atoms with E-state index in [9.17, 15) is 0 Å². The summed E-state index contributed by atoms with van der Waals surface area (Å²) in [5.41, 5.74) is 2.94. The Kier molecular flexibility index (Phi) is 1.57. The Hall–Kier alpha value is 0.250. The quantitative estimate of drug-likeness (QED) is 0.615. The third-order valence-electron chi connectivity index (χ3n) is 6.64. The second kappa shape index (κ2) is 2.26. The number of hydrogen-bond donors (Lipinski definition) is 0. The number of likely N-dealkylation sites (tertiary alicyclic amines) is 1. The van der Waals surface area contributed by atoms with Crippen LogP contribution in [0.2, 0.25) is 0 Å². The lowest BCUT2D eigenvalue weighted by Gasteiger charge is -2.33. The molecular formula is C13H22ClN. The third kappa shape index (κ3) is 0.783. The molecule has 0 N–H and O–H groups in total. The highest BCUT2D eigenvalue weighted by molar-refractivity contribution is 5.85. The predicted octanol–water partition coefficient (Wildman–Crippen LogP) is 2.94. The SMILES string of the molecule is CN1CC23CC4(C)CC2(C1)CC4(C)C3.Cl. The number of rotatable bonds is 0. The van der Waals surface area contributed by atoms with Gasteiger partial charge in [0.2, 0.25) is 0 Å². The Labute approximate surface area is 99.0 Å². The minimum atomic E-state index is 0. The molecule has 15 heavy (non-hydrogen) atoms. The average Bonchev–Trinajstić information content (AvgIpc) is 2.47. The summed E-state index contributed by atoms with van der Waals surface area (Å²) in [4.78, 5) is 2.60. The molecule has 0 aromatic carbocycles. The van der Waals surface area contributed by atoms with Gasteiger partial charge in [-0.15, -0.1) is 12.4 Å². The zero-order chi connectivity index (χ0) is 9.82. The van der Waals surface area contributed by atoms with Gasteiger partial charge in [-0.3, -0.25) is 0 Å². The van der Waals surface area contributed by atoms with Gasteiger partial charge in [0.05, 0.1) is 0 Å². The van der Waals surface area contributed by atoms with E-state index >= 15 is 0 Å². The normalized spacial score (nSPS) is 65.0. The maximum absolute atomic E-state index is 2.60. The summed E-state index contributed by atoms with van der Waals surface area (Å²) in [5.74, 6) is 0. The van der Waals surface area contributed by atoms with Gasteiger partial charge in [-0.2, -0.15) is 0 Å². The van der Waals surface area contributed by atoms with Crippen LogP contribution >= 0.6 is 12.4 Å². The average molecular weight is 228 g/mol. The summed E-state index contributed by atoms with van der Waals surface area (Å²) in [5, 5.41) is 0. The fourth-order valence-electron chi connectivity index (χ4n) is 6.49. The maximum Gasteiger partial charge on any atom is 0.00414 e. The molecule has 0 aromatic heterocycles. The van der Waals surface area contributed by atoms with Crippen LogP contribution in [0, 0.1) is 21.7 Å². The van der Waals surface area contributed by atoms with Crippen LogP contribution in [0.15, 0.2) is 0 Å². The van der Waals surface area contributed by atoms with Crippen molar-refractivity contribution in [1.29, 1.82) is 0 Å². The first-order chi connectivity index (χ1) is 6.43. The predicted molar refractivity (Wildman–Crippen MR) is 64.3 cm³/mol. The van der Waals surface area contributed by atoms with Crippen molar-refractivity contribution in [3.63, 3.8) is 0 Å². The monoisotopic (exact) mass is 227 g/mol. The lowest BCUT2D eigenvalue weighted by Crippen LogP contribution is -2.30.